The summed E-state index contributed by atoms with van der Waals surface area (Å²) in [5.74, 6) is 0.977. The second-order valence-corrected chi connectivity index (χ2v) is 5.19. The Labute approximate surface area is 150 Å². The Morgan fingerprint density at radius 3 is 2.38 bits per heavy atom. The predicted octanol–water partition coefficient (Wildman–Crippen LogP) is 3.63. The lowest BCUT2D eigenvalue weighted by atomic mass is 10.2. The van der Waals surface area contributed by atoms with Crippen LogP contribution in [0.2, 0.25) is 0 Å². The van der Waals surface area contributed by atoms with E-state index in [-0.39, 0.29) is 11.7 Å². The predicted molar refractivity (Wildman–Crippen MR) is 93.5 cm³/mol. The van der Waals surface area contributed by atoms with Gasteiger partial charge in [0.25, 0.3) is 0 Å². The van der Waals surface area contributed by atoms with Crippen LogP contribution in [0.4, 0.5) is 8.78 Å². The van der Waals surface area contributed by atoms with E-state index in [0.29, 0.717) is 23.6 Å². The van der Waals surface area contributed by atoms with E-state index in [1.165, 1.54) is 18.2 Å². The van der Waals surface area contributed by atoms with Crippen LogP contribution in [0.3, 0.4) is 0 Å². The molecule has 2 aromatic rings. The second kappa shape index (κ2) is 9.41. The first kappa shape index (κ1) is 19.2. The minimum atomic E-state index is -2.86. The van der Waals surface area contributed by atoms with E-state index < -0.39 is 6.61 Å². The van der Waals surface area contributed by atoms with Crippen LogP contribution in [0.5, 0.6) is 17.2 Å². The molecule has 0 atom stereocenters. The number of hydrogen-bond acceptors (Lipinski definition) is 4. The summed E-state index contributed by atoms with van der Waals surface area (Å²) in [6.07, 6.45) is 2.94. The maximum atomic E-state index is 12.1. The third-order valence-corrected chi connectivity index (χ3v) is 3.45. The van der Waals surface area contributed by atoms with Gasteiger partial charge < -0.3 is 19.5 Å². The van der Waals surface area contributed by atoms with Crippen molar-refractivity contribution in [2.75, 3.05) is 14.2 Å². The third kappa shape index (κ3) is 5.77. The average Bonchev–Trinajstić information content (AvgIpc) is 2.65. The van der Waals surface area contributed by atoms with Gasteiger partial charge in [-0.2, -0.15) is 8.78 Å². The standard InChI is InChI=1S/C19H19F2NO4/c1-24-16-9-5-14(11-17(16)25-2)12-22-18(23)10-6-13-3-7-15(8-4-13)26-19(20)21/h3-11,19H,12H2,1-2H3,(H,22,23). The van der Waals surface area contributed by atoms with Gasteiger partial charge in [0.15, 0.2) is 11.5 Å². The number of ether oxygens (including phenoxy) is 3. The first-order valence-electron chi connectivity index (χ1n) is 7.73. The first-order chi connectivity index (χ1) is 12.5. The summed E-state index contributed by atoms with van der Waals surface area (Å²) < 4.78 is 38.8. The fourth-order valence-electron chi connectivity index (χ4n) is 2.17. The molecule has 1 N–H and O–H groups in total. The summed E-state index contributed by atoms with van der Waals surface area (Å²) in [5, 5.41) is 2.75. The Hall–Kier alpha value is -3.09. The van der Waals surface area contributed by atoms with Gasteiger partial charge >= 0.3 is 6.61 Å². The quantitative estimate of drug-likeness (QED) is 0.728. The largest absolute Gasteiger partial charge is 0.493 e. The second-order valence-electron chi connectivity index (χ2n) is 5.19. The molecule has 2 rings (SSSR count). The number of rotatable bonds is 8. The zero-order valence-corrected chi connectivity index (χ0v) is 14.4. The molecule has 0 radical (unpaired) electrons. The third-order valence-electron chi connectivity index (χ3n) is 3.45. The summed E-state index contributed by atoms with van der Waals surface area (Å²) in [6.45, 7) is -2.54. The zero-order valence-electron chi connectivity index (χ0n) is 14.4. The molecule has 5 nitrogen and oxygen atoms in total. The number of hydrogen-bond donors (Lipinski definition) is 1. The summed E-state index contributed by atoms with van der Waals surface area (Å²) in [4.78, 5) is 11.9. The molecule has 0 saturated heterocycles. The van der Waals surface area contributed by atoms with Gasteiger partial charge in [0.1, 0.15) is 5.75 Å². The number of methoxy groups -OCH3 is 2. The molecule has 138 valence electrons. The molecule has 0 aliphatic heterocycles. The number of halogens is 2. The van der Waals surface area contributed by atoms with Gasteiger partial charge in [-0.15, -0.1) is 0 Å². The smallest absolute Gasteiger partial charge is 0.387 e. The monoisotopic (exact) mass is 363 g/mol. The SMILES string of the molecule is COc1ccc(CNC(=O)C=Cc2ccc(OC(F)F)cc2)cc1OC. The molecule has 0 saturated carbocycles. The average molecular weight is 363 g/mol. The fraction of sp³-hybridized carbons (Fsp3) is 0.211. The topological polar surface area (TPSA) is 56.8 Å². The van der Waals surface area contributed by atoms with Crippen LogP contribution in [0.1, 0.15) is 11.1 Å². The van der Waals surface area contributed by atoms with E-state index in [9.17, 15) is 13.6 Å². The molecule has 0 bridgehead atoms. The van der Waals surface area contributed by atoms with Crippen LogP contribution in [0, 0.1) is 0 Å². The number of nitrogens with one attached hydrogen (secondary N) is 1. The van der Waals surface area contributed by atoms with Crippen molar-refractivity contribution < 1.29 is 27.8 Å². The lowest BCUT2D eigenvalue weighted by Crippen LogP contribution is -2.20. The highest BCUT2D eigenvalue weighted by atomic mass is 19.3. The molecule has 26 heavy (non-hydrogen) atoms. The Morgan fingerprint density at radius 1 is 1.08 bits per heavy atom. The molecule has 0 fully saturated rings. The Balaban J connectivity index is 1.89. The fourth-order valence-corrected chi connectivity index (χ4v) is 2.17. The van der Waals surface area contributed by atoms with Gasteiger partial charge in [-0.05, 0) is 41.5 Å². The van der Waals surface area contributed by atoms with Crippen LogP contribution in [0.15, 0.2) is 48.5 Å². The molecule has 1 amide bonds. The van der Waals surface area contributed by atoms with E-state index in [2.05, 4.69) is 10.1 Å². The molecular formula is C19H19F2NO4. The Morgan fingerprint density at radius 2 is 1.77 bits per heavy atom. The molecule has 0 aliphatic rings. The normalized spacial score (nSPS) is 10.8. The van der Waals surface area contributed by atoms with Crippen LogP contribution in [-0.2, 0) is 11.3 Å². The van der Waals surface area contributed by atoms with Crippen LogP contribution >= 0.6 is 0 Å². The zero-order chi connectivity index (χ0) is 18.9. The summed E-state index contributed by atoms with van der Waals surface area (Å²) in [6, 6.07) is 11.4. The van der Waals surface area contributed by atoms with Crippen molar-refractivity contribution in [3.8, 4) is 17.2 Å². The van der Waals surface area contributed by atoms with Crippen LogP contribution in [-0.4, -0.2) is 26.7 Å². The Kier molecular flexibility index (Phi) is 6.96. The van der Waals surface area contributed by atoms with Gasteiger partial charge in [0.2, 0.25) is 5.91 Å². The number of carbonyl (C=O) groups is 1. The van der Waals surface area contributed by atoms with Crippen molar-refractivity contribution in [2.24, 2.45) is 0 Å². The number of benzene rings is 2. The molecule has 2 aromatic carbocycles. The minimum absolute atomic E-state index is 0.0649. The molecule has 7 heteroatoms. The van der Waals surface area contributed by atoms with Gasteiger partial charge in [-0.3, -0.25) is 4.79 Å². The number of alkyl halides is 2. The van der Waals surface area contributed by atoms with Crippen LogP contribution < -0.4 is 19.5 Å². The maximum Gasteiger partial charge on any atom is 0.387 e. The molecule has 0 spiro atoms. The Bertz CT molecular complexity index is 761. The minimum Gasteiger partial charge on any atom is -0.493 e. The highest BCUT2D eigenvalue weighted by molar-refractivity contribution is 5.91. The van der Waals surface area contributed by atoms with E-state index in [1.807, 2.05) is 6.07 Å². The first-order valence-corrected chi connectivity index (χ1v) is 7.73. The van der Waals surface area contributed by atoms with E-state index in [0.717, 1.165) is 5.56 Å². The van der Waals surface area contributed by atoms with Crippen molar-refractivity contribution in [1.29, 1.82) is 0 Å². The van der Waals surface area contributed by atoms with Crippen molar-refractivity contribution in [3.63, 3.8) is 0 Å². The number of amides is 1. The van der Waals surface area contributed by atoms with Crippen molar-refractivity contribution in [3.05, 3.63) is 59.7 Å². The lowest BCUT2D eigenvalue weighted by molar-refractivity contribution is -0.116. The molecule has 0 heterocycles. The van der Waals surface area contributed by atoms with Crippen LogP contribution in [0.25, 0.3) is 6.08 Å². The maximum absolute atomic E-state index is 12.1. The molecular weight excluding hydrogens is 344 g/mol. The number of carbonyl (C=O) groups excluding carboxylic acids is 1. The summed E-state index contributed by atoms with van der Waals surface area (Å²) >= 11 is 0. The van der Waals surface area contributed by atoms with Gasteiger partial charge in [-0.1, -0.05) is 18.2 Å². The summed E-state index contributed by atoms with van der Waals surface area (Å²) in [5.41, 5.74) is 1.55. The van der Waals surface area contributed by atoms with E-state index in [1.54, 1.807) is 44.6 Å². The summed E-state index contributed by atoms with van der Waals surface area (Å²) in [7, 11) is 3.09. The van der Waals surface area contributed by atoms with E-state index in [4.69, 9.17) is 9.47 Å². The van der Waals surface area contributed by atoms with Gasteiger partial charge in [-0.25, -0.2) is 0 Å². The molecule has 0 aliphatic carbocycles. The van der Waals surface area contributed by atoms with Crippen molar-refractivity contribution >= 4 is 12.0 Å². The molecule has 0 unspecified atom stereocenters. The van der Waals surface area contributed by atoms with Gasteiger partial charge in [0, 0.05) is 12.6 Å². The highest BCUT2D eigenvalue weighted by Crippen LogP contribution is 2.27. The lowest BCUT2D eigenvalue weighted by Gasteiger charge is -2.09. The van der Waals surface area contributed by atoms with Crippen molar-refractivity contribution in [1.82, 2.24) is 5.32 Å². The van der Waals surface area contributed by atoms with E-state index >= 15 is 0 Å². The van der Waals surface area contributed by atoms with Gasteiger partial charge in [0.05, 0.1) is 14.2 Å². The molecule has 0 aromatic heterocycles. The van der Waals surface area contributed by atoms with Crippen molar-refractivity contribution in [2.45, 2.75) is 13.2 Å². The highest BCUT2D eigenvalue weighted by Gasteiger charge is 2.05.